The van der Waals surface area contributed by atoms with Crippen molar-refractivity contribution in [3.63, 3.8) is 0 Å². The number of rotatable bonds is 8. The van der Waals surface area contributed by atoms with E-state index in [9.17, 15) is 4.79 Å². The van der Waals surface area contributed by atoms with Gasteiger partial charge < -0.3 is 19.8 Å². The summed E-state index contributed by atoms with van der Waals surface area (Å²) in [4.78, 5) is 15.8. The first-order chi connectivity index (χ1) is 10.3. The fourth-order valence-corrected chi connectivity index (χ4v) is 1.81. The lowest BCUT2D eigenvalue weighted by atomic mass is 10.1. The zero-order chi connectivity index (χ0) is 14.9. The van der Waals surface area contributed by atoms with Crippen molar-refractivity contribution in [2.75, 3.05) is 33.4 Å². The first-order valence-electron chi connectivity index (χ1n) is 6.78. The van der Waals surface area contributed by atoms with E-state index in [4.69, 9.17) is 9.15 Å². The molecule has 0 fully saturated rings. The van der Waals surface area contributed by atoms with Crippen LogP contribution in [0.15, 0.2) is 41.3 Å². The van der Waals surface area contributed by atoms with E-state index in [1.165, 1.54) is 6.39 Å². The minimum atomic E-state index is -0.0901. The van der Waals surface area contributed by atoms with Crippen molar-refractivity contribution < 1.29 is 13.9 Å². The number of hydrogen-bond acceptors (Lipinski definition) is 5. The monoisotopic (exact) mass is 289 g/mol. The standard InChI is InChI=1S/C15H19N3O3/c1-20-9-8-16-6-7-18-15(19)13-4-2-12(3-5-13)14-10-17-11-21-14/h2-5,10-11,16H,6-9H2,1H3,(H,18,19). The van der Waals surface area contributed by atoms with Gasteiger partial charge in [-0.1, -0.05) is 12.1 Å². The molecule has 1 aromatic carbocycles. The Kier molecular flexibility index (Phi) is 5.93. The molecule has 0 aliphatic heterocycles. The number of nitrogens with zero attached hydrogens (tertiary/aromatic N) is 1. The maximum atomic E-state index is 11.9. The van der Waals surface area contributed by atoms with Crippen LogP contribution in [0.2, 0.25) is 0 Å². The van der Waals surface area contributed by atoms with Gasteiger partial charge in [0.2, 0.25) is 0 Å². The molecule has 0 unspecified atom stereocenters. The molecule has 0 aliphatic rings. The number of benzene rings is 1. The zero-order valence-electron chi connectivity index (χ0n) is 12.0. The highest BCUT2D eigenvalue weighted by Gasteiger charge is 2.06. The SMILES string of the molecule is COCCNCCNC(=O)c1ccc(-c2cnco2)cc1. The van der Waals surface area contributed by atoms with Crippen LogP contribution in [0.1, 0.15) is 10.4 Å². The van der Waals surface area contributed by atoms with Crippen LogP contribution in [-0.4, -0.2) is 44.2 Å². The Balaban J connectivity index is 1.78. The largest absolute Gasteiger partial charge is 0.444 e. The summed E-state index contributed by atoms with van der Waals surface area (Å²) in [6.45, 7) is 2.73. The average Bonchev–Trinajstić information content (AvgIpc) is 3.05. The Morgan fingerprint density at radius 1 is 1.24 bits per heavy atom. The summed E-state index contributed by atoms with van der Waals surface area (Å²) in [5, 5.41) is 6.01. The van der Waals surface area contributed by atoms with Crippen molar-refractivity contribution in [1.82, 2.24) is 15.6 Å². The van der Waals surface area contributed by atoms with Gasteiger partial charge in [0, 0.05) is 37.9 Å². The number of nitrogens with one attached hydrogen (secondary N) is 2. The third kappa shape index (κ3) is 4.70. The molecule has 0 saturated carbocycles. The molecule has 0 saturated heterocycles. The summed E-state index contributed by atoms with van der Waals surface area (Å²) in [7, 11) is 1.66. The van der Waals surface area contributed by atoms with E-state index in [2.05, 4.69) is 15.6 Å². The Hall–Kier alpha value is -2.18. The summed E-state index contributed by atoms with van der Waals surface area (Å²) in [5.41, 5.74) is 1.51. The number of methoxy groups -OCH3 is 1. The molecule has 0 radical (unpaired) electrons. The van der Waals surface area contributed by atoms with Gasteiger partial charge in [0.15, 0.2) is 12.2 Å². The first-order valence-corrected chi connectivity index (χ1v) is 6.78. The van der Waals surface area contributed by atoms with E-state index in [0.29, 0.717) is 31.0 Å². The van der Waals surface area contributed by atoms with Crippen molar-refractivity contribution in [3.8, 4) is 11.3 Å². The van der Waals surface area contributed by atoms with Crippen LogP contribution in [0, 0.1) is 0 Å². The molecule has 2 rings (SSSR count). The van der Waals surface area contributed by atoms with Crippen LogP contribution in [0.4, 0.5) is 0 Å². The summed E-state index contributed by atoms with van der Waals surface area (Å²) in [6.07, 6.45) is 3.02. The van der Waals surface area contributed by atoms with Crippen molar-refractivity contribution in [1.29, 1.82) is 0 Å². The lowest BCUT2D eigenvalue weighted by Crippen LogP contribution is -2.33. The molecule has 6 nitrogen and oxygen atoms in total. The molecular weight excluding hydrogens is 270 g/mol. The highest BCUT2D eigenvalue weighted by molar-refractivity contribution is 5.94. The molecule has 6 heteroatoms. The van der Waals surface area contributed by atoms with E-state index in [1.807, 2.05) is 12.1 Å². The number of hydrogen-bond donors (Lipinski definition) is 2. The Labute approximate surface area is 123 Å². The minimum absolute atomic E-state index is 0.0901. The number of carbonyl (C=O) groups excluding carboxylic acids is 1. The van der Waals surface area contributed by atoms with Gasteiger partial charge in [-0.05, 0) is 12.1 Å². The maximum absolute atomic E-state index is 11.9. The molecule has 112 valence electrons. The highest BCUT2D eigenvalue weighted by atomic mass is 16.5. The number of ether oxygens (including phenoxy) is 1. The van der Waals surface area contributed by atoms with Crippen LogP contribution in [0.25, 0.3) is 11.3 Å². The molecular formula is C15H19N3O3. The van der Waals surface area contributed by atoms with Gasteiger partial charge in [-0.3, -0.25) is 4.79 Å². The van der Waals surface area contributed by atoms with Gasteiger partial charge in [0.25, 0.3) is 5.91 Å². The predicted octanol–water partition coefficient (Wildman–Crippen LogP) is 1.31. The van der Waals surface area contributed by atoms with Gasteiger partial charge in [-0.2, -0.15) is 0 Å². The quantitative estimate of drug-likeness (QED) is 0.717. The second-order valence-electron chi connectivity index (χ2n) is 4.44. The number of oxazole rings is 1. The highest BCUT2D eigenvalue weighted by Crippen LogP contribution is 2.18. The van der Waals surface area contributed by atoms with E-state index in [1.54, 1.807) is 25.4 Å². The minimum Gasteiger partial charge on any atom is -0.444 e. The normalized spacial score (nSPS) is 10.5. The molecule has 2 N–H and O–H groups in total. The van der Waals surface area contributed by atoms with Crippen LogP contribution < -0.4 is 10.6 Å². The molecule has 0 atom stereocenters. The molecule has 1 amide bonds. The number of aromatic nitrogens is 1. The van der Waals surface area contributed by atoms with E-state index < -0.39 is 0 Å². The molecule has 1 aromatic heterocycles. The smallest absolute Gasteiger partial charge is 0.251 e. The fourth-order valence-electron chi connectivity index (χ4n) is 1.81. The van der Waals surface area contributed by atoms with Crippen molar-refractivity contribution >= 4 is 5.91 Å². The van der Waals surface area contributed by atoms with Crippen molar-refractivity contribution in [2.45, 2.75) is 0 Å². The van der Waals surface area contributed by atoms with E-state index in [0.717, 1.165) is 12.1 Å². The lowest BCUT2D eigenvalue weighted by Gasteiger charge is -2.07. The average molecular weight is 289 g/mol. The molecule has 2 aromatic rings. The van der Waals surface area contributed by atoms with Crippen LogP contribution in [-0.2, 0) is 4.74 Å². The molecule has 21 heavy (non-hydrogen) atoms. The number of carbonyl (C=O) groups is 1. The molecule has 0 spiro atoms. The summed E-state index contributed by atoms with van der Waals surface area (Å²) in [6, 6.07) is 7.22. The Morgan fingerprint density at radius 3 is 2.71 bits per heavy atom. The first kappa shape index (κ1) is 15.2. The van der Waals surface area contributed by atoms with Gasteiger partial charge in [0.05, 0.1) is 12.8 Å². The Bertz CT molecular complexity index is 538. The van der Waals surface area contributed by atoms with Crippen molar-refractivity contribution in [3.05, 3.63) is 42.4 Å². The van der Waals surface area contributed by atoms with E-state index in [-0.39, 0.29) is 5.91 Å². The molecule has 0 aliphatic carbocycles. The second kappa shape index (κ2) is 8.18. The van der Waals surface area contributed by atoms with Crippen LogP contribution in [0.3, 0.4) is 0 Å². The Morgan fingerprint density at radius 2 is 2.05 bits per heavy atom. The predicted molar refractivity (Wildman–Crippen MR) is 79.0 cm³/mol. The van der Waals surface area contributed by atoms with Gasteiger partial charge >= 0.3 is 0 Å². The lowest BCUT2D eigenvalue weighted by molar-refractivity contribution is 0.0953. The maximum Gasteiger partial charge on any atom is 0.251 e. The van der Waals surface area contributed by atoms with Crippen LogP contribution >= 0.6 is 0 Å². The van der Waals surface area contributed by atoms with Crippen LogP contribution in [0.5, 0.6) is 0 Å². The summed E-state index contributed by atoms with van der Waals surface area (Å²) >= 11 is 0. The molecule has 0 bridgehead atoms. The zero-order valence-corrected chi connectivity index (χ0v) is 12.0. The second-order valence-corrected chi connectivity index (χ2v) is 4.44. The third-order valence-corrected chi connectivity index (χ3v) is 2.93. The summed E-state index contributed by atoms with van der Waals surface area (Å²) in [5.74, 6) is 0.594. The summed E-state index contributed by atoms with van der Waals surface area (Å²) < 4.78 is 10.1. The topological polar surface area (TPSA) is 76.4 Å². The van der Waals surface area contributed by atoms with Gasteiger partial charge in [-0.25, -0.2) is 4.98 Å². The van der Waals surface area contributed by atoms with Crippen molar-refractivity contribution in [2.24, 2.45) is 0 Å². The van der Waals surface area contributed by atoms with E-state index >= 15 is 0 Å². The number of amides is 1. The van der Waals surface area contributed by atoms with Gasteiger partial charge in [0.1, 0.15) is 0 Å². The third-order valence-electron chi connectivity index (χ3n) is 2.93. The fraction of sp³-hybridized carbons (Fsp3) is 0.333. The van der Waals surface area contributed by atoms with Gasteiger partial charge in [-0.15, -0.1) is 0 Å². The molecule has 1 heterocycles.